The Hall–Kier alpha value is -2.43. The smallest absolute Gasteiger partial charge is 0.330 e. The molecule has 1 aromatic heterocycles. The molecule has 0 N–H and O–H groups in total. The standard InChI is InChI=1S/C20H16ClNO2S/c1-2-24-20(23)12-9-15(14-7-10-16(21)11-8-14)13-19-22-17-5-3-4-6-18(17)25-19/h3-13H,2H2,1H3/b12-9+,15-13+. The maximum atomic E-state index is 11.7. The highest BCUT2D eigenvalue weighted by Crippen LogP contribution is 2.27. The summed E-state index contributed by atoms with van der Waals surface area (Å²) in [5.74, 6) is -0.369. The summed E-state index contributed by atoms with van der Waals surface area (Å²) < 4.78 is 6.08. The predicted octanol–water partition coefficient (Wildman–Crippen LogP) is 5.61. The van der Waals surface area contributed by atoms with E-state index in [0.29, 0.717) is 11.6 Å². The molecule has 3 aromatic rings. The van der Waals surface area contributed by atoms with Crippen molar-refractivity contribution in [3.8, 4) is 0 Å². The van der Waals surface area contributed by atoms with Gasteiger partial charge in [-0.2, -0.15) is 0 Å². The molecule has 0 spiro atoms. The fourth-order valence-electron chi connectivity index (χ4n) is 2.30. The van der Waals surface area contributed by atoms with Crippen LogP contribution in [0.3, 0.4) is 0 Å². The quantitative estimate of drug-likeness (QED) is 0.333. The third-order valence-electron chi connectivity index (χ3n) is 3.45. The van der Waals surface area contributed by atoms with E-state index in [1.54, 1.807) is 24.3 Å². The summed E-state index contributed by atoms with van der Waals surface area (Å²) in [6, 6.07) is 15.5. The first-order valence-corrected chi connectivity index (χ1v) is 9.03. The molecular weight excluding hydrogens is 354 g/mol. The molecule has 0 aliphatic rings. The van der Waals surface area contributed by atoms with Crippen LogP contribution in [0.2, 0.25) is 5.02 Å². The van der Waals surface area contributed by atoms with Crippen LogP contribution in [0, 0.1) is 0 Å². The summed E-state index contributed by atoms with van der Waals surface area (Å²) in [4.78, 5) is 16.3. The predicted molar refractivity (Wildman–Crippen MR) is 105 cm³/mol. The van der Waals surface area contributed by atoms with Gasteiger partial charge in [0.25, 0.3) is 0 Å². The summed E-state index contributed by atoms with van der Waals surface area (Å²) in [5, 5.41) is 1.54. The highest BCUT2D eigenvalue weighted by molar-refractivity contribution is 7.19. The van der Waals surface area contributed by atoms with Gasteiger partial charge >= 0.3 is 5.97 Å². The first-order valence-electron chi connectivity index (χ1n) is 7.84. The lowest BCUT2D eigenvalue weighted by atomic mass is 10.1. The van der Waals surface area contributed by atoms with Crippen molar-refractivity contribution in [3.05, 3.63) is 76.3 Å². The van der Waals surface area contributed by atoms with E-state index < -0.39 is 0 Å². The van der Waals surface area contributed by atoms with E-state index in [2.05, 4.69) is 4.98 Å². The maximum absolute atomic E-state index is 11.7. The van der Waals surface area contributed by atoms with Crippen LogP contribution in [0.1, 0.15) is 17.5 Å². The van der Waals surface area contributed by atoms with Gasteiger partial charge < -0.3 is 4.74 Å². The van der Waals surface area contributed by atoms with E-state index in [9.17, 15) is 4.79 Å². The fraction of sp³-hybridized carbons (Fsp3) is 0.100. The van der Waals surface area contributed by atoms with E-state index in [1.807, 2.05) is 54.6 Å². The highest BCUT2D eigenvalue weighted by Gasteiger charge is 2.05. The molecule has 0 radical (unpaired) electrons. The summed E-state index contributed by atoms with van der Waals surface area (Å²) >= 11 is 7.58. The van der Waals surface area contributed by atoms with Crippen molar-refractivity contribution in [1.29, 1.82) is 0 Å². The van der Waals surface area contributed by atoms with Gasteiger partial charge in [0.15, 0.2) is 0 Å². The SMILES string of the molecule is CCOC(=O)/C=C/C(=C\c1nc2ccccc2s1)c1ccc(Cl)cc1. The van der Waals surface area contributed by atoms with E-state index >= 15 is 0 Å². The molecule has 5 heteroatoms. The van der Waals surface area contributed by atoms with E-state index in [-0.39, 0.29) is 5.97 Å². The molecule has 126 valence electrons. The van der Waals surface area contributed by atoms with E-state index in [0.717, 1.165) is 26.4 Å². The monoisotopic (exact) mass is 369 g/mol. The molecule has 3 rings (SSSR count). The van der Waals surface area contributed by atoms with Gasteiger partial charge in [0.05, 0.1) is 16.8 Å². The van der Waals surface area contributed by atoms with Gasteiger partial charge in [-0.3, -0.25) is 0 Å². The Morgan fingerprint density at radius 1 is 1.16 bits per heavy atom. The van der Waals surface area contributed by atoms with Crippen LogP contribution in [0.25, 0.3) is 21.9 Å². The Labute approximate surface area is 155 Å². The normalized spacial score (nSPS) is 12.0. The number of halogens is 1. The van der Waals surface area contributed by atoms with Crippen molar-refractivity contribution in [2.75, 3.05) is 6.61 Å². The average Bonchev–Trinajstić information content (AvgIpc) is 3.02. The van der Waals surface area contributed by atoms with Crippen molar-refractivity contribution >= 4 is 50.8 Å². The lowest BCUT2D eigenvalue weighted by Crippen LogP contribution is -1.99. The number of nitrogens with zero attached hydrogens (tertiary/aromatic N) is 1. The number of esters is 1. The number of carbonyl (C=O) groups is 1. The minimum absolute atomic E-state index is 0.348. The summed E-state index contributed by atoms with van der Waals surface area (Å²) in [7, 11) is 0. The highest BCUT2D eigenvalue weighted by atomic mass is 35.5. The van der Waals surface area contributed by atoms with Crippen LogP contribution in [0.5, 0.6) is 0 Å². The summed E-state index contributed by atoms with van der Waals surface area (Å²) in [5.41, 5.74) is 2.77. The molecule has 0 aliphatic carbocycles. The number of aromatic nitrogens is 1. The average molecular weight is 370 g/mol. The number of fused-ring (bicyclic) bond motifs is 1. The number of thiazole rings is 1. The number of ether oxygens (including phenoxy) is 1. The Morgan fingerprint density at radius 3 is 2.64 bits per heavy atom. The molecule has 0 atom stereocenters. The van der Waals surface area contributed by atoms with Gasteiger partial charge in [0.2, 0.25) is 0 Å². The first-order chi connectivity index (χ1) is 12.2. The lowest BCUT2D eigenvalue weighted by Gasteiger charge is -2.03. The Balaban J connectivity index is 1.99. The first kappa shape index (κ1) is 17.4. The molecule has 3 nitrogen and oxygen atoms in total. The zero-order valence-corrected chi connectivity index (χ0v) is 15.2. The molecule has 0 saturated carbocycles. The van der Waals surface area contributed by atoms with Gasteiger partial charge in [-0.1, -0.05) is 35.9 Å². The van der Waals surface area contributed by atoms with Crippen LogP contribution in [-0.2, 0) is 9.53 Å². The second-order valence-electron chi connectivity index (χ2n) is 5.21. The molecule has 0 saturated heterocycles. The second kappa shape index (κ2) is 8.10. The molecule has 0 fully saturated rings. The number of rotatable bonds is 5. The fourth-order valence-corrected chi connectivity index (χ4v) is 3.35. The van der Waals surface area contributed by atoms with Gasteiger partial charge in [-0.15, -0.1) is 11.3 Å². The van der Waals surface area contributed by atoms with E-state index in [4.69, 9.17) is 16.3 Å². The van der Waals surface area contributed by atoms with Crippen molar-refractivity contribution in [2.45, 2.75) is 6.92 Å². The van der Waals surface area contributed by atoms with Crippen LogP contribution < -0.4 is 0 Å². The zero-order valence-electron chi connectivity index (χ0n) is 13.6. The molecule has 2 aromatic carbocycles. The van der Waals surface area contributed by atoms with Crippen LogP contribution in [0.4, 0.5) is 0 Å². The third-order valence-corrected chi connectivity index (χ3v) is 4.69. The number of hydrogen-bond donors (Lipinski definition) is 0. The topological polar surface area (TPSA) is 39.2 Å². The number of allylic oxidation sites excluding steroid dienone is 2. The molecule has 25 heavy (non-hydrogen) atoms. The van der Waals surface area contributed by atoms with Crippen LogP contribution in [-0.4, -0.2) is 17.6 Å². The molecule has 0 bridgehead atoms. The van der Waals surface area contributed by atoms with Crippen molar-refractivity contribution in [1.82, 2.24) is 4.98 Å². The molecule has 0 unspecified atom stereocenters. The minimum Gasteiger partial charge on any atom is -0.463 e. The van der Waals surface area contributed by atoms with E-state index in [1.165, 1.54) is 6.08 Å². The van der Waals surface area contributed by atoms with Gasteiger partial charge in [0.1, 0.15) is 5.01 Å². The van der Waals surface area contributed by atoms with Crippen molar-refractivity contribution in [3.63, 3.8) is 0 Å². The largest absolute Gasteiger partial charge is 0.463 e. The lowest BCUT2D eigenvalue weighted by molar-refractivity contribution is -0.137. The summed E-state index contributed by atoms with van der Waals surface area (Å²) in [6.07, 6.45) is 5.13. The number of para-hydroxylation sites is 1. The number of hydrogen-bond acceptors (Lipinski definition) is 4. The summed E-state index contributed by atoms with van der Waals surface area (Å²) in [6.45, 7) is 2.13. The molecule has 0 amide bonds. The maximum Gasteiger partial charge on any atom is 0.330 e. The van der Waals surface area contributed by atoms with Crippen molar-refractivity contribution in [2.24, 2.45) is 0 Å². The van der Waals surface area contributed by atoms with Crippen LogP contribution in [0.15, 0.2) is 60.7 Å². The minimum atomic E-state index is -0.369. The van der Waals surface area contributed by atoms with Crippen LogP contribution >= 0.6 is 22.9 Å². The van der Waals surface area contributed by atoms with Gasteiger partial charge in [0, 0.05) is 11.1 Å². The number of benzene rings is 2. The zero-order chi connectivity index (χ0) is 17.6. The van der Waals surface area contributed by atoms with Gasteiger partial charge in [-0.25, -0.2) is 9.78 Å². The molecule has 1 heterocycles. The van der Waals surface area contributed by atoms with Crippen molar-refractivity contribution < 1.29 is 9.53 Å². The molecular formula is C20H16ClNO2S. The number of carbonyl (C=O) groups excluding carboxylic acids is 1. The Morgan fingerprint density at radius 2 is 1.92 bits per heavy atom. The second-order valence-corrected chi connectivity index (χ2v) is 6.71. The third kappa shape index (κ3) is 4.56. The van der Waals surface area contributed by atoms with Gasteiger partial charge in [-0.05, 0) is 54.5 Å². The Bertz CT molecular complexity index is 909. The Kier molecular flexibility index (Phi) is 5.64. The molecule has 0 aliphatic heterocycles.